The van der Waals surface area contributed by atoms with Gasteiger partial charge in [0.25, 0.3) is 0 Å². The van der Waals surface area contributed by atoms with Crippen molar-refractivity contribution in [2.24, 2.45) is 10.4 Å². The number of pyridine rings is 1. The molecule has 0 spiro atoms. The van der Waals surface area contributed by atoms with Crippen LogP contribution in [0.25, 0.3) is 22.5 Å². The number of aromatic nitrogens is 4. The summed E-state index contributed by atoms with van der Waals surface area (Å²) in [4.78, 5) is 11.6. The van der Waals surface area contributed by atoms with E-state index in [1.807, 2.05) is 6.92 Å². The lowest BCUT2D eigenvalue weighted by Crippen LogP contribution is -2.36. The number of fused-ring (bicyclic) bond motifs is 1. The molecule has 192 valence electrons. The molecule has 37 heavy (non-hydrogen) atoms. The molecule has 1 atom stereocenters. The maximum atomic E-state index is 15.1. The molecule has 1 aromatic carbocycles. The van der Waals surface area contributed by atoms with E-state index >= 15 is 8.78 Å². The number of aliphatic hydroxyl groups is 1. The van der Waals surface area contributed by atoms with Crippen LogP contribution in [0, 0.1) is 17.0 Å². The number of benzene rings is 1. The van der Waals surface area contributed by atoms with Gasteiger partial charge in [0.05, 0.1) is 30.7 Å². The molecule has 4 aromatic rings. The molecule has 9 nitrogen and oxygen atoms in total. The van der Waals surface area contributed by atoms with Gasteiger partial charge in [0.1, 0.15) is 11.4 Å². The number of hydrogen-bond donors (Lipinski definition) is 2. The van der Waals surface area contributed by atoms with Crippen molar-refractivity contribution in [3.05, 3.63) is 53.7 Å². The van der Waals surface area contributed by atoms with Crippen LogP contribution in [-0.4, -0.2) is 50.9 Å². The van der Waals surface area contributed by atoms with Crippen molar-refractivity contribution in [2.45, 2.75) is 38.5 Å². The van der Waals surface area contributed by atoms with Crippen LogP contribution >= 0.6 is 0 Å². The van der Waals surface area contributed by atoms with E-state index in [2.05, 4.69) is 25.2 Å². The standard InChI is InChI=1S/C26H25F2N5O4/c1-26(12-34)11-31-20(35-13-26)9-14-7-17(27)22(18(28)8-14)36-19-5-6-29-23-21(19)16(10-30-23)25-33-32-24(37-25)15-3-2-4-15/h5-8,10,15,34H,2-4,9,11-13H2,1H3,(H,29,30). The third-order valence-corrected chi connectivity index (χ3v) is 6.89. The summed E-state index contributed by atoms with van der Waals surface area (Å²) in [5.41, 5.74) is 0.891. The van der Waals surface area contributed by atoms with Crippen molar-refractivity contribution in [3.8, 4) is 23.0 Å². The van der Waals surface area contributed by atoms with Gasteiger partial charge in [-0.1, -0.05) is 13.3 Å². The molecule has 1 unspecified atom stereocenters. The average Bonchev–Trinajstić information content (AvgIpc) is 3.50. The first-order valence-electron chi connectivity index (χ1n) is 12.1. The van der Waals surface area contributed by atoms with Gasteiger partial charge in [-0.3, -0.25) is 4.99 Å². The molecule has 0 amide bonds. The first-order chi connectivity index (χ1) is 17.9. The summed E-state index contributed by atoms with van der Waals surface area (Å²) < 4.78 is 47.4. The van der Waals surface area contributed by atoms with E-state index in [1.165, 1.54) is 24.4 Å². The van der Waals surface area contributed by atoms with Gasteiger partial charge < -0.3 is 24.0 Å². The van der Waals surface area contributed by atoms with E-state index in [0.717, 1.165) is 19.3 Å². The molecule has 4 heterocycles. The Hall–Kier alpha value is -3.86. The Morgan fingerprint density at radius 3 is 2.70 bits per heavy atom. The zero-order valence-corrected chi connectivity index (χ0v) is 20.1. The second kappa shape index (κ2) is 9.22. The van der Waals surface area contributed by atoms with Crippen molar-refractivity contribution in [3.63, 3.8) is 0 Å². The second-order valence-electron chi connectivity index (χ2n) is 9.94. The number of aliphatic imine (C=N–C) groups is 1. The number of rotatable bonds is 7. The number of ether oxygens (including phenoxy) is 2. The Morgan fingerprint density at radius 2 is 2.03 bits per heavy atom. The van der Waals surface area contributed by atoms with Crippen LogP contribution < -0.4 is 4.74 Å². The van der Waals surface area contributed by atoms with Gasteiger partial charge in [-0.15, -0.1) is 10.2 Å². The smallest absolute Gasteiger partial charge is 0.250 e. The second-order valence-corrected chi connectivity index (χ2v) is 9.94. The van der Waals surface area contributed by atoms with E-state index in [9.17, 15) is 5.11 Å². The first kappa shape index (κ1) is 23.5. The van der Waals surface area contributed by atoms with Gasteiger partial charge in [0.2, 0.25) is 11.8 Å². The Morgan fingerprint density at radius 1 is 1.22 bits per heavy atom. The molecule has 2 aliphatic rings. The van der Waals surface area contributed by atoms with Crippen LogP contribution in [0.2, 0.25) is 0 Å². The third-order valence-electron chi connectivity index (χ3n) is 6.89. The van der Waals surface area contributed by atoms with Gasteiger partial charge in [-0.05, 0) is 36.6 Å². The minimum absolute atomic E-state index is 0.0572. The summed E-state index contributed by atoms with van der Waals surface area (Å²) in [6.45, 7) is 2.47. The van der Waals surface area contributed by atoms with E-state index in [1.54, 1.807) is 6.20 Å². The van der Waals surface area contributed by atoms with Gasteiger partial charge >= 0.3 is 0 Å². The van der Waals surface area contributed by atoms with Crippen LogP contribution in [0.3, 0.4) is 0 Å². The number of nitrogens with zero attached hydrogens (tertiary/aromatic N) is 4. The molecule has 1 aliphatic heterocycles. The van der Waals surface area contributed by atoms with Crippen molar-refractivity contribution in [1.29, 1.82) is 0 Å². The summed E-state index contributed by atoms with van der Waals surface area (Å²) in [6.07, 6.45) is 6.43. The van der Waals surface area contributed by atoms with Crippen LogP contribution in [0.5, 0.6) is 11.5 Å². The number of halogens is 2. The van der Waals surface area contributed by atoms with E-state index < -0.39 is 22.8 Å². The van der Waals surface area contributed by atoms with Crippen LogP contribution in [0.1, 0.15) is 43.6 Å². The minimum Gasteiger partial charge on any atom is -0.480 e. The summed E-state index contributed by atoms with van der Waals surface area (Å²) >= 11 is 0. The molecule has 1 fully saturated rings. The Labute approximate surface area is 210 Å². The summed E-state index contributed by atoms with van der Waals surface area (Å²) in [7, 11) is 0. The zero-order chi connectivity index (χ0) is 25.6. The van der Waals surface area contributed by atoms with Crippen LogP contribution in [-0.2, 0) is 11.2 Å². The van der Waals surface area contributed by atoms with Gasteiger partial charge in [0, 0.05) is 30.1 Å². The monoisotopic (exact) mass is 509 g/mol. The molecule has 6 rings (SSSR count). The molecule has 3 aromatic heterocycles. The normalized spacial score (nSPS) is 19.9. The fraction of sp³-hybridized carbons (Fsp3) is 0.385. The van der Waals surface area contributed by atoms with E-state index in [4.69, 9.17) is 13.9 Å². The molecule has 1 saturated carbocycles. The fourth-order valence-corrected chi connectivity index (χ4v) is 4.37. The average molecular weight is 510 g/mol. The number of H-pyrrole nitrogens is 1. The maximum absolute atomic E-state index is 15.1. The van der Waals surface area contributed by atoms with Crippen molar-refractivity contribution in [1.82, 2.24) is 20.2 Å². The van der Waals surface area contributed by atoms with Crippen LogP contribution in [0.4, 0.5) is 8.78 Å². The van der Waals surface area contributed by atoms with Crippen molar-refractivity contribution < 1.29 is 27.8 Å². The molecule has 0 saturated heterocycles. The fourth-order valence-electron chi connectivity index (χ4n) is 4.37. The molecular weight excluding hydrogens is 484 g/mol. The molecule has 0 bridgehead atoms. The van der Waals surface area contributed by atoms with Gasteiger partial charge in [0.15, 0.2) is 23.3 Å². The number of aromatic amines is 1. The quantitative estimate of drug-likeness (QED) is 0.363. The topological polar surface area (TPSA) is 119 Å². The molecule has 1 aliphatic carbocycles. The SMILES string of the molecule is CC1(CO)CN=C(Cc2cc(F)c(Oc3ccnc4[nH]cc(-c5nnc(C6CCC6)o5)c34)c(F)c2)OC1. The number of hydrogen-bond acceptors (Lipinski definition) is 8. The highest BCUT2D eigenvalue weighted by Crippen LogP contribution is 2.40. The summed E-state index contributed by atoms with van der Waals surface area (Å²) in [5, 5.41) is 18.3. The predicted octanol–water partition coefficient (Wildman–Crippen LogP) is 4.92. The highest BCUT2D eigenvalue weighted by Gasteiger charge is 2.29. The maximum Gasteiger partial charge on any atom is 0.250 e. The third kappa shape index (κ3) is 4.43. The number of aliphatic hydroxyl groups excluding tert-OH is 1. The van der Waals surface area contributed by atoms with Gasteiger partial charge in [-0.2, -0.15) is 0 Å². The first-order valence-corrected chi connectivity index (χ1v) is 12.1. The zero-order valence-electron chi connectivity index (χ0n) is 20.1. The Balaban J connectivity index is 1.27. The Kier molecular flexibility index (Phi) is 5.86. The van der Waals surface area contributed by atoms with Crippen LogP contribution in [0.15, 0.2) is 40.0 Å². The lowest BCUT2D eigenvalue weighted by Gasteiger charge is -2.30. The molecule has 11 heteroatoms. The minimum atomic E-state index is -0.862. The van der Waals surface area contributed by atoms with Crippen molar-refractivity contribution in [2.75, 3.05) is 19.8 Å². The molecule has 0 radical (unpaired) electrons. The molecular formula is C26H25F2N5O4. The lowest BCUT2D eigenvalue weighted by atomic mass is 9.85. The summed E-state index contributed by atoms with van der Waals surface area (Å²) in [6, 6.07) is 3.92. The Bertz CT molecular complexity index is 1470. The van der Waals surface area contributed by atoms with Crippen molar-refractivity contribution >= 4 is 16.9 Å². The highest BCUT2D eigenvalue weighted by molar-refractivity contribution is 5.96. The predicted molar refractivity (Wildman–Crippen MR) is 130 cm³/mol. The largest absolute Gasteiger partial charge is 0.480 e. The van der Waals surface area contributed by atoms with Gasteiger partial charge in [-0.25, -0.2) is 13.8 Å². The van der Waals surface area contributed by atoms with E-state index in [0.29, 0.717) is 40.5 Å². The molecule has 2 N–H and O–H groups in total. The highest BCUT2D eigenvalue weighted by atomic mass is 19.1. The van der Waals surface area contributed by atoms with E-state index in [-0.39, 0.29) is 37.2 Å². The number of nitrogens with one attached hydrogen (secondary N) is 1. The lowest BCUT2D eigenvalue weighted by molar-refractivity contribution is 0.0691. The summed E-state index contributed by atoms with van der Waals surface area (Å²) in [5.74, 6) is -0.562.